The molecule has 7 nitrogen and oxygen atoms in total. The molecule has 3 aromatic carbocycles. The first-order chi connectivity index (χ1) is 19.8. The zero-order valence-corrected chi connectivity index (χ0v) is 25.0. The van der Waals surface area contributed by atoms with E-state index in [2.05, 4.69) is 21.2 Å². The van der Waals surface area contributed by atoms with Crippen LogP contribution >= 0.6 is 27.3 Å². The molecule has 1 N–H and O–H groups in total. The van der Waals surface area contributed by atoms with Crippen LogP contribution in [0.3, 0.4) is 0 Å². The number of hydrogen-bond donors (Lipinski definition) is 1. The first-order valence-corrected chi connectivity index (χ1v) is 14.7. The number of allylic oxidation sites excluding steroid dienone is 1. The number of nitrogens with one attached hydrogen (secondary N) is 1. The minimum absolute atomic E-state index is 0.203. The van der Waals surface area contributed by atoms with Gasteiger partial charge in [0.05, 0.1) is 33.2 Å². The van der Waals surface area contributed by atoms with Crippen molar-refractivity contribution in [2.45, 2.75) is 26.8 Å². The van der Waals surface area contributed by atoms with Crippen molar-refractivity contribution in [2.75, 3.05) is 5.32 Å². The van der Waals surface area contributed by atoms with Gasteiger partial charge in [0.1, 0.15) is 0 Å². The van der Waals surface area contributed by atoms with E-state index in [0.29, 0.717) is 26.3 Å². The number of aryl methyl sites for hydroxylation is 1. The number of carbonyl (C=O) groups excluding carboxylic acids is 1. The zero-order valence-electron chi connectivity index (χ0n) is 22.6. The fourth-order valence-electron chi connectivity index (χ4n) is 5.11. The van der Waals surface area contributed by atoms with Crippen LogP contribution in [0.25, 0.3) is 11.8 Å². The van der Waals surface area contributed by atoms with Crippen molar-refractivity contribution >= 4 is 44.9 Å². The summed E-state index contributed by atoms with van der Waals surface area (Å²) in [5.41, 5.74) is 5.88. The minimum Gasteiger partial charge on any atom is -0.322 e. The minimum atomic E-state index is -0.639. The largest absolute Gasteiger partial charge is 0.322 e. The van der Waals surface area contributed by atoms with Crippen LogP contribution in [0.5, 0.6) is 0 Å². The molecule has 1 amide bonds. The number of thiazole rings is 1. The maximum Gasteiger partial charge on any atom is 0.271 e. The molecule has 0 radical (unpaired) electrons. The lowest BCUT2D eigenvalue weighted by Gasteiger charge is -2.25. The third kappa shape index (κ3) is 5.03. The van der Waals surface area contributed by atoms with Gasteiger partial charge in [-0.3, -0.25) is 14.2 Å². The van der Waals surface area contributed by atoms with E-state index in [9.17, 15) is 9.59 Å². The molecule has 41 heavy (non-hydrogen) atoms. The number of amides is 1. The summed E-state index contributed by atoms with van der Waals surface area (Å²) in [5, 5.41) is 7.72. The van der Waals surface area contributed by atoms with Crippen molar-refractivity contribution in [1.29, 1.82) is 0 Å². The molecule has 1 atom stereocenters. The summed E-state index contributed by atoms with van der Waals surface area (Å²) in [4.78, 5) is 33.1. The molecular weight excluding hydrogens is 598 g/mol. The number of benzene rings is 3. The Morgan fingerprint density at radius 2 is 1.61 bits per heavy atom. The van der Waals surface area contributed by atoms with E-state index in [1.165, 1.54) is 11.3 Å². The summed E-state index contributed by atoms with van der Waals surface area (Å²) < 4.78 is 4.96. The van der Waals surface area contributed by atoms with Gasteiger partial charge in [-0.2, -0.15) is 5.10 Å². The maximum atomic E-state index is 14.1. The summed E-state index contributed by atoms with van der Waals surface area (Å²) >= 11 is 4.82. The number of nitrogens with zero attached hydrogens (tertiary/aromatic N) is 4. The first kappa shape index (κ1) is 26.9. The Morgan fingerprint density at radius 3 is 2.29 bits per heavy atom. The van der Waals surface area contributed by atoms with Gasteiger partial charge in [0.15, 0.2) is 4.80 Å². The predicted octanol–water partition coefficient (Wildman–Crippen LogP) is 5.44. The van der Waals surface area contributed by atoms with Crippen LogP contribution in [0, 0.1) is 13.8 Å². The highest BCUT2D eigenvalue weighted by Gasteiger charge is 2.32. The van der Waals surface area contributed by atoms with Gasteiger partial charge in [0, 0.05) is 21.4 Å². The Kier molecular flexibility index (Phi) is 7.15. The van der Waals surface area contributed by atoms with E-state index in [1.54, 1.807) is 4.57 Å². The van der Waals surface area contributed by atoms with E-state index in [0.717, 1.165) is 32.7 Å². The quantitative estimate of drug-likeness (QED) is 0.283. The second-order valence-electron chi connectivity index (χ2n) is 9.79. The molecule has 1 aliphatic heterocycles. The molecule has 6 rings (SSSR count). The summed E-state index contributed by atoms with van der Waals surface area (Å²) in [7, 11) is 0. The van der Waals surface area contributed by atoms with Crippen molar-refractivity contribution in [2.24, 2.45) is 4.99 Å². The second kappa shape index (κ2) is 10.9. The van der Waals surface area contributed by atoms with Crippen LogP contribution in [0.4, 0.5) is 5.69 Å². The second-order valence-corrected chi connectivity index (χ2v) is 11.7. The number of anilines is 1. The van der Waals surface area contributed by atoms with Crippen LogP contribution < -0.4 is 20.2 Å². The fraction of sp³-hybridized carbons (Fsp3) is 0.125. The normalized spacial score (nSPS) is 15.0. The molecular formula is C32H26BrN5O2S. The lowest BCUT2D eigenvalue weighted by molar-refractivity contribution is -0.113. The van der Waals surface area contributed by atoms with Crippen molar-refractivity contribution in [3.8, 4) is 5.69 Å². The van der Waals surface area contributed by atoms with Crippen molar-refractivity contribution in [3.05, 3.63) is 143 Å². The van der Waals surface area contributed by atoms with Gasteiger partial charge in [0.25, 0.3) is 11.5 Å². The maximum absolute atomic E-state index is 14.1. The molecule has 204 valence electrons. The van der Waals surface area contributed by atoms with Crippen LogP contribution in [0.15, 0.2) is 110 Å². The monoisotopic (exact) mass is 623 g/mol. The molecule has 0 bridgehead atoms. The van der Waals surface area contributed by atoms with Gasteiger partial charge in [-0.05, 0) is 68.8 Å². The summed E-state index contributed by atoms with van der Waals surface area (Å²) in [6, 6.07) is 26.2. The number of carbonyl (C=O) groups is 1. The zero-order chi connectivity index (χ0) is 28.7. The molecule has 0 saturated carbocycles. The van der Waals surface area contributed by atoms with Crippen LogP contribution in [-0.2, 0) is 4.79 Å². The fourth-order valence-corrected chi connectivity index (χ4v) is 6.40. The molecule has 9 heteroatoms. The first-order valence-electron chi connectivity index (χ1n) is 13.1. The summed E-state index contributed by atoms with van der Waals surface area (Å²) in [5.74, 6) is -0.296. The molecule has 0 aliphatic carbocycles. The number of rotatable bonds is 5. The molecule has 1 aliphatic rings. The Bertz CT molecular complexity index is 1990. The SMILES string of the molecule is CC1=C(C(=O)Nc2ccccc2)[C@@H](c2ccc(Br)cc2)n2c(s/c(=C/c3c(C)nn(-c4ccccc4)c3C)c2=O)=N1. The highest BCUT2D eigenvalue weighted by atomic mass is 79.9. The van der Waals surface area contributed by atoms with Gasteiger partial charge in [-0.15, -0.1) is 0 Å². The molecule has 0 saturated heterocycles. The van der Waals surface area contributed by atoms with E-state index in [-0.39, 0.29) is 11.5 Å². The Labute approximate surface area is 249 Å². The van der Waals surface area contributed by atoms with Crippen molar-refractivity contribution < 1.29 is 4.79 Å². The van der Waals surface area contributed by atoms with Gasteiger partial charge in [-0.1, -0.05) is 75.8 Å². The summed E-state index contributed by atoms with van der Waals surface area (Å²) in [6.45, 7) is 5.76. The number of halogens is 1. The highest BCUT2D eigenvalue weighted by molar-refractivity contribution is 9.10. The Morgan fingerprint density at radius 1 is 0.951 bits per heavy atom. The topological polar surface area (TPSA) is 81.3 Å². The molecule has 0 fully saturated rings. The molecule has 2 aromatic heterocycles. The van der Waals surface area contributed by atoms with Crippen molar-refractivity contribution in [1.82, 2.24) is 14.3 Å². The van der Waals surface area contributed by atoms with Crippen LogP contribution in [-0.4, -0.2) is 20.3 Å². The van der Waals surface area contributed by atoms with Crippen molar-refractivity contribution in [3.63, 3.8) is 0 Å². The Balaban J connectivity index is 1.50. The van der Waals surface area contributed by atoms with Crippen LogP contribution in [0.2, 0.25) is 0 Å². The molecule has 0 spiro atoms. The van der Waals surface area contributed by atoms with E-state index in [1.807, 2.05) is 116 Å². The Hall–Kier alpha value is -4.34. The van der Waals surface area contributed by atoms with Gasteiger partial charge >= 0.3 is 0 Å². The average molecular weight is 625 g/mol. The molecule has 3 heterocycles. The third-order valence-corrected chi connectivity index (χ3v) is 8.62. The van der Waals surface area contributed by atoms with Gasteiger partial charge < -0.3 is 5.32 Å². The summed E-state index contributed by atoms with van der Waals surface area (Å²) in [6.07, 6.45) is 1.89. The molecule has 5 aromatic rings. The van der Waals surface area contributed by atoms with Crippen LogP contribution in [0.1, 0.15) is 35.5 Å². The average Bonchev–Trinajstić information content (AvgIpc) is 3.43. The highest BCUT2D eigenvalue weighted by Crippen LogP contribution is 2.31. The van der Waals surface area contributed by atoms with E-state index >= 15 is 0 Å². The molecule has 0 unspecified atom stereocenters. The van der Waals surface area contributed by atoms with E-state index < -0.39 is 6.04 Å². The van der Waals surface area contributed by atoms with Gasteiger partial charge in [0.2, 0.25) is 0 Å². The lowest BCUT2D eigenvalue weighted by Crippen LogP contribution is -2.40. The van der Waals surface area contributed by atoms with E-state index in [4.69, 9.17) is 10.1 Å². The predicted molar refractivity (Wildman–Crippen MR) is 166 cm³/mol. The number of aromatic nitrogens is 3. The lowest BCUT2D eigenvalue weighted by atomic mass is 9.95. The smallest absolute Gasteiger partial charge is 0.271 e. The van der Waals surface area contributed by atoms with Gasteiger partial charge in [-0.25, -0.2) is 9.67 Å². The number of para-hydroxylation sites is 2. The number of fused-ring (bicyclic) bond motifs is 1. The standard InChI is InChI=1S/C32H26BrN5O2S/c1-19-26(21(3)38(36-19)25-12-8-5-9-13-25)18-27-31(40)37-29(22-14-16-23(33)17-15-22)28(20(2)34-32(37)41-27)30(39)35-24-10-6-4-7-11-24/h4-18,29H,1-3H3,(H,35,39)/b27-18+/t29-/m1/s1. The third-order valence-electron chi connectivity index (χ3n) is 7.11. The number of hydrogen-bond acceptors (Lipinski definition) is 5.